The molecule has 0 aromatic heterocycles. The van der Waals surface area contributed by atoms with Gasteiger partial charge in [0.15, 0.2) is 0 Å². The van der Waals surface area contributed by atoms with Crippen molar-refractivity contribution < 1.29 is 25.5 Å². The maximum Gasteiger partial charge on any atom is 0.136 e. The summed E-state index contributed by atoms with van der Waals surface area (Å²) in [5.41, 5.74) is 0. The normalized spacial score (nSPS) is 44.6. The summed E-state index contributed by atoms with van der Waals surface area (Å²) in [6.07, 6.45) is -5.37. The van der Waals surface area contributed by atoms with Crippen LogP contribution in [0.25, 0.3) is 0 Å². The van der Waals surface area contributed by atoms with Gasteiger partial charge in [-0.05, 0) is 7.05 Å². The molecule has 0 spiro atoms. The van der Waals surface area contributed by atoms with Crippen molar-refractivity contribution in [2.45, 2.75) is 30.6 Å². The Morgan fingerprint density at radius 3 is 1.93 bits per heavy atom. The lowest BCUT2D eigenvalue weighted by Gasteiger charge is -2.44. The van der Waals surface area contributed by atoms with Crippen molar-refractivity contribution >= 4 is 12.4 Å². The Hall–Kier alpha value is 0.0500. The Morgan fingerprint density at radius 2 is 1.50 bits per heavy atom. The third-order valence-electron chi connectivity index (χ3n) is 2.53. The van der Waals surface area contributed by atoms with Gasteiger partial charge in [-0.15, -0.1) is 12.4 Å². The number of likely N-dealkylation sites (tertiary alicyclic amines) is 1. The van der Waals surface area contributed by atoms with Crippen LogP contribution < -0.4 is 0 Å². The number of halogens is 1. The van der Waals surface area contributed by atoms with Crippen LogP contribution >= 0.6 is 12.4 Å². The summed E-state index contributed by atoms with van der Waals surface area (Å²) in [6, 6.07) is -0.756. The van der Waals surface area contributed by atoms with Gasteiger partial charge in [-0.25, -0.2) is 0 Å². The second-order valence-corrected chi connectivity index (χ2v) is 3.30. The highest BCUT2D eigenvalue weighted by molar-refractivity contribution is 5.85. The second-order valence-electron chi connectivity index (χ2n) is 3.30. The van der Waals surface area contributed by atoms with Crippen molar-refractivity contribution in [3.8, 4) is 0 Å². The summed E-state index contributed by atoms with van der Waals surface area (Å²) >= 11 is 0. The summed E-state index contributed by atoms with van der Waals surface area (Å²) in [4.78, 5) is 1.22. The van der Waals surface area contributed by atoms with Crippen LogP contribution in [-0.4, -0.2) is 74.7 Å². The molecular formula is C7H16ClNO5. The van der Waals surface area contributed by atoms with E-state index in [1.54, 1.807) is 0 Å². The van der Waals surface area contributed by atoms with E-state index in [4.69, 9.17) is 5.11 Å². The number of aliphatic hydroxyl groups is 5. The first-order valence-corrected chi connectivity index (χ1v) is 4.05. The first-order valence-electron chi connectivity index (χ1n) is 4.05. The maximum atomic E-state index is 9.37. The first-order chi connectivity index (χ1) is 6.00. The summed E-state index contributed by atoms with van der Waals surface area (Å²) < 4.78 is 0. The van der Waals surface area contributed by atoms with E-state index in [2.05, 4.69) is 0 Å². The monoisotopic (exact) mass is 229 g/mol. The highest BCUT2D eigenvalue weighted by Crippen LogP contribution is 2.21. The molecule has 1 rings (SSSR count). The third kappa shape index (κ3) is 2.17. The van der Waals surface area contributed by atoms with Crippen LogP contribution in [-0.2, 0) is 0 Å². The molecule has 1 heterocycles. The van der Waals surface area contributed by atoms with Crippen molar-refractivity contribution in [3.05, 3.63) is 0 Å². The fourth-order valence-electron chi connectivity index (χ4n) is 1.52. The number of rotatable bonds is 1. The van der Waals surface area contributed by atoms with Gasteiger partial charge in [0, 0.05) is 0 Å². The summed E-state index contributed by atoms with van der Waals surface area (Å²) in [7, 11) is 1.45. The van der Waals surface area contributed by atoms with E-state index >= 15 is 0 Å². The van der Waals surface area contributed by atoms with Gasteiger partial charge in [-0.2, -0.15) is 0 Å². The Labute approximate surface area is 87.8 Å². The topological polar surface area (TPSA) is 104 Å². The van der Waals surface area contributed by atoms with Gasteiger partial charge in [0.05, 0.1) is 12.6 Å². The maximum absolute atomic E-state index is 9.37. The van der Waals surface area contributed by atoms with E-state index in [1.165, 1.54) is 11.9 Å². The molecule has 1 aliphatic heterocycles. The second kappa shape index (κ2) is 5.22. The van der Waals surface area contributed by atoms with E-state index in [0.29, 0.717) is 0 Å². The summed E-state index contributed by atoms with van der Waals surface area (Å²) in [6.45, 7) is -0.390. The highest BCUT2D eigenvalue weighted by Gasteiger charge is 2.44. The zero-order valence-corrected chi connectivity index (χ0v) is 8.50. The highest BCUT2D eigenvalue weighted by atomic mass is 35.5. The number of hydrogen-bond donors (Lipinski definition) is 5. The minimum absolute atomic E-state index is 0. The van der Waals surface area contributed by atoms with Gasteiger partial charge in [0.25, 0.3) is 0 Å². The minimum atomic E-state index is -1.43. The predicted molar refractivity (Wildman–Crippen MR) is 49.9 cm³/mol. The standard InChI is InChI=1S/C7H15NO5.ClH/c1-8-3(2-9)4(10)5(11)6(12)7(8)13;/h3-7,9-13H,2H2,1H3;1H/t3-,4-,5+,6-,7?;/m1./s1. The van der Waals surface area contributed by atoms with Gasteiger partial charge in [-0.3, -0.25) is 4.90 Å². The predicted octanol–water partition coefficient (Wildman–Crippen LogP) is -2.88. The average Bonchev–Trinajstić information content (AvgIpc) is 2.13. The Balaban J connectivity index is 0.00000169. The smallest absolute Gasteiger partial charge is 0.136 e. The van der Waals surface area contributed by atoms with Gasteiger partial charge < -0.3 is 25.5 Å². The molecule has 0 aromatic rings. The molecule has 6 nitrogen and oxygen atoms in total. The molecule has 0 amide bonds. The summed E-state index contributed by atoms with van der Waals surface area (Å²) in [5, 5.41) is 46.0. The van der Waals surface area contributed by atoms with Crippen LogP contribution in [0.1, 0.15) is 0 Å². The zero-order chi connectivity index (χ0) is 10.2. The quantitative estimate of drug-likeness (QED) is 0.331. The molecule has 5 atom stereocenters. The fourth-order valence-corrected chi connectivity index (χ4v) is 1.52. The Morgan fingerprint density at radius 1 is 1.00 bits per heavy atom. The van der Waals surface area contributed by atoms with Crippen LogP contribution in [0.15, 0.2) is 0 Å². The molecule has 1 unspecified atom stereocenters. The number of likely N-dealkylation sites (N-methyl/N-ethyl adjacent to an activating group) is 1. The van der Waals surface area contributed by atoms with Crippen molar-refractivity contribution in [1.29, 1.82) is 0 Å². The van der Waals surface area contributed by atoms with Crippen LogP contribution in [0.3, 0.4) is 0 Å². The van der Waals surface area contributed by atoms with E-state index in [1.807, 2.05) is 0 Å². The van der Waals surface area contributed by atoms with Crippen LogP contribution in [0.5, 0.6) is 0 Å². The minimum Gasteiger partial charge on any atom is -0.395 e. The number of hydrogen-bond acceptors (Lipinski definition) is 6. The molecule has 7 heteroatoms. The van der Waals surface area contributed by atoms with Crippen molar-refractivity contribution in [3.63, 3.8) is 0 Å². The van der Waals surface area contributed by atoms with Gasteiger partial charge in [0.2, 0.25) is 0 Å². The number of aliphatic hydroxyl groups excluding tert-OH is 5. The number of piperidine rings is 1. The summed E-state index contributed by atoms with van der Waals surface area (Å²) in [5.74, 6) is 0. The van der Waals surface area contributed by atoms with Gasteiger partial charge in [-0.1, -0.05) is 0 Å². The first kappa shape index (κ1) is 14.1. The molecule has 0 saturated carbocycles. The van der Waals surface area contributed by atoms with Crippen LogP contribution in [0, 0.1) is 0 Å². The largest absolute Gasteiger partial charge is 0.395 e. The number of nitrogens with zero attached hydrogens (tertiary/aromatic N) is 1. The molecule has 0 aliphatic carbocycles. The van der Waals surface area contributed by atoms with E-state index in [-0.39, 0.29) is 12.4 Å². The Kier molecular flexibility index (Phi) is 5.24. The lowest BCUT2D eigenvalue weighted by atomic mass is 9.93. The molecule has 0 radical (unpaired) electrons. The molecule has 1 saturated heterocycles. The Bertz CT molecular complexity index is 167. The molecule has 86 valence electrons. The molecular weight excluding hydrogens is 214 g/mol. The molecule has 0 bridgehead atoms. The molecule has 0 aromatic carbocycles. The van der Waals surface area contributed by atoms with E-state index < -0.39 is 37.2 Å². The van der Waals surface area contributed by atoms with Crippen molar-refractivity contribution in [2.75, 3.05) is 13.7 Å². The van der Waals surface area contributed by atoms with E-state index in [9.17, 15) is 20.4 Å². The van der Waals surface area contributed by atoms with Gasteiger partial charge >= 0.3 is 0 Å². The van der Waals surface area contributed by atoms with E-state index in [0.717, 1.165) is 0 Å². The molecule has 1 aliphatic rings. The van der Waals surface area contributed by atoms with Crippen molar-refractivity contribution in [2.24, 2.45) is 0 Å². The van der Waals surface area contributed by atoms with Gasteiger partial charge in [0.1, 0.15) is 24.5 Å². The average molecular weight is 230 g/mol. The zero-order valence-electron chi connectivity index (χ0n) is 7.69. The molecule has 14 heavy (non-hydrogen) atoms. The van der Waals surface area contributed by atoms with Crippen molar-refractivity contribution in [1.82, 2.24) is 4.90 Å². The lowest BCUT2D eigenvalue weighted by molar-refractivity contribution is -0.215. The van der Waals surface area contributed by atoms with Crippen LogP contribution in [0.4, 0.5) is 0 Å². The molecule has 5 N–H and O–H groups in total. The fraction of sp³-hybridized carbons (Fsp3) is 1.00. The molecule has 1 fully saturated rings. The lowest BCUT2D eigenvalue weighted by Crippen LogP contribution is -2.66. The van der Waals surface area contributed by atoms with Crippen LogP contribution in [0.2, 0.25) is 0 Å². The SMILES string of the molecule is CN1C(O)[C@H](O)[C@@H](O)[C@H](O)[C@H]1CO.Cl. The third-order valence-corrected chi connectivity index (χ3v) is 2.53.